The van der Waals surface area contributed by atoms with E-state index in [1.54, 1.807) is 0 Å². The van der Waals surface area contributed by atoms with Gasteiger partial charge in [0.2, 0.25) is 5.95 Å². The molecule has 0 aliphatic heterocycles. The van der Waals surface area contributed by atoms with E-state index in [2.05, 4.69) is 20.7 Å². The van der Waals surface area contributed by atoms with Gasteiger partial charge in [0, 0.05) is 17.8 Å². The van der Waals surface area contributed by atoms with Crippen LogP contribution < -0.4 is 10.6 Å². The molecule has 0 radical (unpaired) electrons. The summed E-state index contributed by atoms with van der Waals surface area (Å²) in [5.74, 6) is -0.0834. The average Bonchev–Trinajstić information content (AvgIpc) is 3.08. The van der Waals surface area contributed by atoms with E-state index < -0.39 is 22.7 Å². The number of nitrogens with one attached hydrogen (secondary N) is 2. The highest BCUT2D eigenvalue weighted by Gasteiger charge is 2.30. The van der Waals surface area contributed by atoms with Crippen LogP contribution in [0.25, 0.3) is 0 Å². The van der Waals surface area contributed by atoms with Crippen molar-refractivity contribution in [1.82, 2.24) is 14.8 Å². The van der Waals surface area contributed by atoms with Crippen LogP contribution in [0.3, 0.4) is 0 Å². The third-order valence-corrected chi connectivity index (χ3v) is 3.68. The molecule has 3 aromatic rings. The van der Waals surface area contributed by atoms with Gasteiger partial charge in [-0.2, -0.15) is 13.2 Å². The summed E-state index contributed by atoms with van der Waals surface area (Å²) in [6.45, 7) is 0.0189. The lowest BCUT2D eigenvalue weighted by Gasteiger charge is -2.08. The molecule has 2 N–H and O–H groups in total. The number of anilines is 2. The molecule has 2 amide bonds. The van der Waals surface area contributed by atoms with Crippen LogP contribution in [0.1, 0.15) is 11.1 Å². The van der Waals surface area contributed by atoms with Crippen molar-refractivity contribution in [2.75, 3.05) is 10.6 Å². The third kappa shape index (κ3) is 5.28. The first-order valence-corrected chi connectivity index (χ1v) is 8.09. The van der Waals surface area contributed by atoms with Crippen molar-refractivity contribution in [2.45, 2.75) is 12.7 Å². The molecule has 3 rings (SSSR count). The van der Waals surface area contributed by atoms with Crippen LogP contribution in [0, 0.1) is 10.1 Å². The Morgan fingerprint density at radius 3 is 2.62 bits per heavy atom. The summed E-state index contributed by atoms with van der Waals surface area (Å²) in [4.78, 5) is 26.0. The van der Waals surface area contributed by atoms with Crippen molar-refractivity contribution >= 4 is 23.4 Å². The largest absolute Gasteiger partial charge is 0.416 e. The molecule has 0 aliphatic rings. The summed E-state index contributed by atoms with van der Waals surface area (Å²) >= 11 is 0. The summed E-state index contributed by atoms with van der Waals surface area (Å²) in [6.07, 6.45) is -3.20. The highest BCUT2D eigenvalue weighted by Crippen LogP contribution is 2.29. The van der Waals surface area contributed by atoms with Crippen molar-refractivity contribution in [3.05, 3.63) is 76.1 Å². The van der Waals surface area contributed by atoms with Gasteiger partial charge in [0.1, 0.15) is 6.33 Å². The van der Waals surface area contributed by atoms with Gasteiger partial charge >= 0.3 is 12.2 Å². The number of hydrogen-bond donors (Lipinski definition) is 2. The molecule has 0 saturated carbocycles. The van der Waals surface area contributed by atoms with Crippen LogP contribution in [0.5, 0.6) is 0 Å². The van der Waals surface area contributed by atoms with Gasteiger partial charge < -0.3 is 5.32 Å². The Kier molecular flexibility index (Phi) is 5.43. The lowest BCUT2D eigenvalue weighted by Crippen LogP contribution is -2.20. The number of halogens is 3. The molecule has 150 valence electrons. The summed E-state index contributed by atoms with van der Waals surface area (Å²) < 4.78 is 39.6. The predicted molar refractivity (Wildman–Crippen MR) is 96.3 cm³/mol. The molecular formula is C17H13F3N6O3. The normalized spacial score (nSPS) is 11.1. The first kappa shape index (κ1) is 19.8. The number of rotatable bonds is 5. The molecule has 0 fully saturated rings. The fraction of sp³-hybridized carbons (Fsp3) is 0.118. The number of nitro groups is 1. The lowest BCUT2D eigenvalue weighted by molar-refractivity contribution is -0.384. The van der Waals surface area contributed by atoms with Gasteiger partial charge in [-0.05, 0) is 23.8 Å². The lowest BCUT2D eigenvalue weighted by atomic mass is 10.1. The first-order valence-electron chi connectivity index (χ1n) is 8.09. The molecule has 1 heterocycles. The predicted octanol–water partition coefficient (Wildman–Crippen LogP) is 3.90. The van der Waals surface area contributed by atoms with Crippen molar-refractivity contribution in [2.24, 2.45) is 0 Å². The second-order valence-electron chi connectivity index (χ2n) is 5.85. The Bertz CT molecular complexity index is 1050. The second-order valence-corrected chi connectivity index (χ2v) is 5.85. The van der Waals surface area contributed by atoms with Crippen molar-refractivity contribution in [3.63, 3.8) is 0 Å². The van der Waals surface area contributed by atoms with Gasteiger partial charge in [0.25, 0.3) is 5.69 Å². The monoisotopic (exact) mass is 406 g/mol. The van der Waals surface area contributed by atoms with Gasteiger partial charge in [0.15, 0.2) is 0 Å². The topological polar surface area (TPSA) is 115 Å². The zero-order valence-corrected chi connectivity index (χ0v) is 14.6. The first-order chi connectivity index (χ1) is 13.7. The smallest absolute Gasteiger partial charge is 0.307 e. The summed E-state index contributed by atoms with van der Waals surface area (Å²) in [5.41, 5.74) is -0.409. The highest BCUT2D eigenvalue weighted by atomic mass is 19.4. The Labute approximate surface area is 161 Å². The quantitative estimate of drug-likeness (QED) is 0.493. The number of urea groups is 1. The van der Waals surface area contributed by atoms with E-state index in [0.717, 1.165) is 12.1 Å². The number of nitro benzene ring substituents is 1. The van der Waals surface area contributed by atoms with Crippen molar-refractivity contribution in [3.8, 4) is 0 Å². The molecule has 0 saturated heterocycles. The zero-order chi connectivity index (χ0) is 21.0. The summed E-state index contributed by atoms with van der Waals surface area (Å²) in [7, 11) is 0. The van der Waals surface area contributed by atoms with Crippen LogP contribution in [-0.2, 0) is 12.7 Å². The maximum absolute atomic E-state index is 12.8. The standard InChI is InChI=1S/C17H13F3N6O3/c18-17(19,20)12-4-1-3-11(7-12)9-25-10-21-15(24-25)23-16(27)22-13-5-2-6-14(8-13)26(28)29/h1-8,10H,9H2,(H2,22,23,24,27). The Morgan fingerprint density at radius 2 is 1.90 bits per heavy atom. The molecule has 9 nitrogen and oxygen atoms in total. The van der Waals surface area contributed by atoms with Crippen LogP contribution in [0.4, 0.5) is 35.3 Å². The van der Waals surface area contributed by atoms with Gasteiger partial charge in [-0.1, -0.05) is 18.2 Å². The number of hydrogen-bond acceptors (Lipinski definition) is 5. The van der Waals surface area contributed by atoms with Crippen molar-refractivity contribution in [1.29, 1.82) is 0 Å². The highest BCUT2D eigenvalue weighted by molar-refractivity contribution is 5.98. The van der Waals surface area contributed by atoms with E-state index in [0.29, 0.717) is 5.56 Å². The number of aromatic nitrogens is 3. The number of amides is 2. The molecule has 12 heteroatoms. The number of carbonyl (C=O) groups excluding carboxylic acids is 1. The van der Waals surface area contributed by atoms with E-state index >= 15 is 0 Å². The number of benzene rings is 2. The minimum Gasteiger partial charge on any atom is -0.307 e. The zero-order valence-electron chi connectivity index (χ0n) is 14.6. The van der Waals surface area contributed by atoms with Crippen LogP contribution >= 0.6 is 0 Å². The van der Waals surface area contributed by atoms with Crippen LogP contribution in [0.15, 0.2) is 54.9 Å². The summed E-state index contributed by atoms with van der Waals surface area (Å²) in [5, 5.41) is 19.5. The van der Waals surface area contributed by atoms with Crippen molar-refractivity contribution < 1.29 is 22.9 Å². The van der Waals surface area contributed by atoms with Crippen LogP contribution in [0.2, 0.25) is 0 Å². The molecule has 0 spiro atoms. The number of non-ortho nitro benzene ring substituents is 1. The number of alkyl halides is 3. The minimum absolute atomic E-state index is 0.0189. The molecule has 0 bridgehead atoms. The fourth-order valence-electron chi connectivity index (χ4n) is 2.42. The van der Waals surface area contributed by atoms with Gasteiger partial charge in [0.05, 0.1) is 17.0 Å². The number of nitrogens with zero attached hydrogens (tertiary/aromatic N) is 4. The van der Waals surface area contributed by atoms with E-state index in [9.17, 15) is 28.1 Å². The summed E-state index contributed by atoms with van der Waals surface area (Å²) in [6, 6.07) is 9.38. The van der Waals surface area contributed by atoms with E-state index in [4.69, 9.17) is 0 Å². The molecule has 0 atom stereocenters. The Hall–Kier alpha value is -3.96. The fourth-order valence-corrected chi connectivity index (χ4v) is 2.42. The maximum Gasteiger partial charge on any atom is 0.416 e. The molecule has 29 heavy (non-hydrogen) atoms. The second kappa shape index (κ2) is 7.96. The molecule has 1 aromatic heterocycles. The van der Waals surface area contributed by atoms with Gasteiger partial charge in [-0.25, -0.2) is 14.5 Å². The molecule has 0 unspecified atom stereocenters. The Balaban J connectivity index is 1.62. The van der Waals surface area contributed by atoms with Gasteiger partial charge in [-0.3, -0.25) is 15.4 Å². The molecule has 0 aliphatic carbocycles. The third-order valence-electron chi connectivity index (χ3n) is 3.68. The van der Waals surface area contributed by atoms with Gasteiger partial charge in [-0.15, -0.1) is 5.10 Å². The van der Waals surface area contributed by atoms with E-state index in [-0.39, 0.29) is 23.9 Å². The number of carbonyl (C=O) groups is 1. The SMILES string of the molecule is O=C(Nc1cccc([N+](=O)[O-])c1)Nc1ncn(Cc2cccc(C(F)(F)F)c2)n1. The van der Waals surface area contributed by atoms with Crippen LogP contribution in [-0.4, -0.2) is 25.7 Å². The molecule has 2 aromatic carbocycles. The average molecular weight is 406 g/mol. The minimum atomic E-state index is -4.45. The molecular weight excluding hydrogens is 393 g/mol. The van der Waals surface area contributed by atoms with E-state index in [1.807, 2.05) is 0 Å². The maximum atomic E-state index is 12.8. The van der Waals surface area contributed by atoms with E-state index in [1.165, 1.54) is 47.4 Å². The Morgan fingerprint density at radius 1 is 1.14 bits per heavy atom.